The van der Waals surface area contributed by atoms with E-state index in [9.17, 15) is 9.59 Å². The Morgan fingerprint density at radius 1 is 1.03 bits per heavy atom. The number of ether oxygens (including phenoxy) is 1. The summed E-state index contributed by atoms with van der Waals surface area (Å²) in [4.78, 5) is 32.6. The molecule has 7 nitrogen and oxygen atoms in total. The number of piperazine rings is 1. The Labute approximate surface area is 225 Å². The van der Waals surface area contributed by atoms with Crippen LogP contribution in [-0.2, 0) is 6.54 Å². The van der Waals surface area contributed by atoms with Gasteiger partial charge < -0.3 is 15.0 Å². The first-order valence-corrected chi connectivity index (χ1v) is 13.4. The number of hydrogen-bond donors (Lipinski definition) is 1. The van der Waals surface area contributed by atoms with Gasteiger partial charge >= 0.3 is 6.03 Å². The summed E-state index contributed by atoms with van der Waals surface area (Å²) in [6, 6.07) is 23.2. The van der Waals surface area contributed by atoms with E-state index in [1.807, 2.05) is 60.4 Å². The minimum Gasteiger partial charge on any atom is -0.467 e. The van der Waals surface area contributed by atoms with Crippen molar-refractivity contribution < 1.29 is 14.3 Å². The first-order chi connectivity index (χ1) is 17.9. The van der Waals surface area contributed by atoms with Gasteiger partial charge in [-0.2, -0.15) is 0 Å². The summed E-state index contributed by atoms with van der Waals surface area (Å²) in [6.07, 6.45) is 0.601. The molecule has 3 heterocycles. The van der Waals surface area contributed by atoms with Gasteiger partial charge in [0.05, 0.1) is 11.7 Å². The van der Waals surface area contributed by atoms with Crippen LogP contribution in [-0.4, -0.2) is 53.6 Å². The van der Waals surface area contributed by atoms with Crippen molar-refractivity contribution in [2.24, 2.45) is 0 Å². The SMILES string of the molecule is C[C@@]12C[C@@H](NC(=O)N1c1cccc(C(=O)N3CCN(Cc4ccccc4)CC3)c1)c1cc(Br)ccc1O2. The number of carbonyl (C=O) groups excluding carboxylic acids is 2. The lowest BCUT2D eigenvalue weighted by Crippen LogP contribution is -2.65. The number of nitrogens with zero attached hydrogens (tertiary/aromatic N) is 3. The van der Waals surface area contributed by atoms with Crippen molar-refractivity contribution in [3.8, 4) is 5.75 Å². The molecule has 1 N–H and O–H groups in total. The van der Waals surface area contributed by atoms with Crippen molar-refractivity contribution in [1.29, 1.82) is 0 Å². The van der Waals surface area contributed by atoms with Gasteiger partial charge in [-0.25, -0.2) is 4.79 Å². The van der Waals surface area contributed by atoms with Crippen LogP contribution in [0.25, 0.3) is 0 Å². The summed E-state index contributed by atoms with van der Waals surface area (Å²) >= 11 is 3.51. The third-order valence-corrected chi connectivity index (χ3v) is 7.99. The molecule has 0 saturated carbocycles. The Balaban J connectivity index is 1.18. The lowest BCUT2D eigenvalue weighted by Gasteiger charge is -2.50. The van der Waals surface area contributed by atoms with Crippen LogP contribution >= 0.6 is 15.9 Å². The molecule has 0 spiro atoms. The van der Waals surface area contributed by atoms with E-state index in [0.29, 0.717) is 30.8 Å². The normalized spacial score (nSPS) is 23.2. The first kappa shape index (κ1) is 24.0. The van der Waals surface area contributed by atoms with E-state index < -0.39 is 5.72 Å². The highest BCUT2D eigenvalue weighted by Gasteiger charge is 2.50. The summed E-state index contributed by atoms with van der Waals surface area (Å²) in [5.74, 6) is 0.744. The molecule has 2 atom stereocenters. The Morgan fingerprint density at radius 3 is 2.59 bits per heavy atom. The molecular formula is C29H29BrN4O3. The number of nitrogens with one attached hydrogen (secondary N) is 1. The van der Waals surface area contributed by atoms with Crippen molar-refractivity contribution in [3.05, 3.63) is 94.0 Å². The zero-order valence-corrected chi connectivity index (χ0v) is 22.3. The van der Waals surface area contributed by atoms with E-state index in [1.54, 1.807) is 4.90 Å². The zero-order valence-electron chi connectivity index (χ0n) is 20.7. The Bertz CT molecular complexity index is 1340. The molecule has 2 saturated heterocycles. The average Bonchev–Trinajstić information content (AvgIpc) is 2.89. The third-order valence-electron chi connectivity index (χ3n) is 7.49. The summed E-state index contributed by atoms with van der Waals surface area (Å²) in [7, 11) is 0. The number of hydrogen-bond acceptors (Lipinski definition) is 4. The van der Waals surface area contributed by atoms with Crippen molar-refractivity contribution in [3.63, 3.8) is 0 Å². The highest BCUT2D eigenvalue weighted by molar-refractivity contribution is 9.10. The first-order valence-electron chi connectivity index (χ1n) is 12.6. The van der Waals surface area contributed by atoms with E-state index in [0.717, 1.165) is 35.4 Å². The maximum Gasteiger partial charge on any atom is 0.325 e. The molecule has 3 aromatic carbocycles. The number of anilines is 1. The molecule has 6 rings (SSSR count). The Morgan fingerprint density at radius 2 is 1.81 bits per heavy atom. The van der Waals surface area contributed by atoms with Crippen LogP contribution < -0.4 is 15.0 Å². The fourth-order valence-electron chi connectivity index (χ4n) is 5.65. The van der Waals surface area contributed by atoms with Crippen molar-refractivity contribution in [2.45, 2.75) is 31.7 Å². The predicted octanol–water partition coefficient (Wildman–Crippen LogP) is 5.18. The molecule has 0 radical (unpaired) electrons. The fourth-order valence-corrected chi connectivity index (χ4v) is 6.03. The largest absolute Gasteiger partial charge is 0.467 e. The number of amides is 3. The van der Waals surface area contributed by atoms with Gasteiger partial charge in [-0.3, -0.25) is 14.6 Å². The second-order valence-corrected chi connectivity index (χ2v) is 11.0. The number of rotatable bonds is 4. The second-order valence-electron chi connectivity index (χ2n) is 10.1. The molecule has 3 aromatic rings. The van der Waals surface area contributed by atoms with Crippen LogP contribution in [0.1, 0.15) is 40.9 Å². The standard InChI is InChI=1S/C29H29BrN4O3/c1-29-18-25(24-17-22(30)10-11-26(24)37-29)31-28(36)34(29)23-9-5-8-21(16-23)27(35)33-14-12-32(13-15-33)19-20-6-3-2-4-7-20/h2-11,16-17,25H,12-15,18-19H2,1H3,(H,31,36)/t25-,29-/m1/s1. The van der Waals surface area contributed by atoms with E-state index in [1.165, 1.54) is 5.56 Å². The van der Waals surface area contributed by atoms with Crippen LogP contribution in [0.2, 0.25) is 0 Å². The van der Waals surface area contributed by atoms with Crippen LogP contribution in [0.5, 0.6) is 5.75 Å². The Kier molecular flexibility index (Phi) is 6.16. The monoisotopic (exact) mass is 560 g/mol. The van der Waals surface area contributed by atoms with E-state index in [4.69, 9.17) is 4.74 Å². The van der Waals surface area contributed by atoms with Crippen molar-refractivity contribution in [2.75, 3.05) is 31.1 Å². The van der Waals surface area contributed by atoms with Gasteiger partial charge in [0.2, 0.25) is 0 Å². The Hall–Kier alpha value is -3.36. The van der Waals surface area contributed by atoms with Crippen LogP contribution in [0.4, 0.5) is 10.5 Å². The fraction of sp³-hybridized carbons (Fsp3) is 0.310. The molecule has 3 amide bonds. The number of benzene rings is 3. The van der Waals surface area contributed by atoms with Gasteiger partial charge in [0.1, 0.15) is 5.75 Å². The lowest BCUT2D eigenvalue weighted by molar-refractivity contribution is 0.0377. The molecule has 0 unspecified atom stereocenters. The van der Waals surface area contributed by atoms with Crippen molar-refractivity contribution >= 4 is 33.6 Å². The topological polar surface area (TPSA) is 65.1 Å². The highest BCUT2D eigenvalue weighted by atomic mass is 79.9. The molecule has 37 heavy (non-hydrogen) atoms. The minimum absolute atomic E-state index is 0.0126. The lowest BCUT2D eigenvalue weighted by atomic mass is 9.90. The number of halogens is 1. The summed E-state index contributed by atoms with van der Waals surface area (Å²) in [5, 5.41) is 3.13. The van der Waals surface area contributed by atoms with E-state index >= 15 is 0 Å². The van der Waals surface area contributed by atoms with Gasteiger partial charge in [-0.05, 0) is 48.9 Å². The molecule has 2 fully saturated rings. The van der Waals surface area contributed by atoms with Gasteiger partial charge in [-0.1, -0.05) is 52.3 Å². The molecule has 8 heteroatoms. The van der Waals surface area contributed by atoms with Crippen LogP contribution in [0, 0.1) is 0 Å². The van der Waals surface area contributed by atoms with Gasteiger partial charge in [0.15, 0.2) is 5.72 Å². The van der Waals surface area contributed by atoms with E-state index in [-0.39, 0.29) is 18.0 Å². The minimum atomic E-state index is -0.863. The maximum atomic E-state index is 13.4. The van der Waals surface area contributed by atoms with Crippen LogP contribution in [0.3, 0.4) is 0 Å². The van der Waals surface area contributed by atoms with Gasteiger partial charge in [-0.15, -0.1) is 0 Å². The number of carbonyl (C=O) groups is 2. The van der Waals surface area contributed by atoms with Crippen molar-refractivity contribution in [1.82, 2.24) is 15.1 Å². The number of urea groups is 1. The molecule has 3 aliphatic heterocycles. The van der Waals surface area contributed by atoms with Gasteiger partial charge in [0.25, 0.3) is 5.91 Å². The molecule has 2 bridgehead atoms. The second kappa shape index (κ2) is 9.50. The van der Waals surface area contributed by atoms with Gasteiger partial charge in [0, 0.05) is 54.7 Å². The highest BCUT2D eigenvalue weighted by Crippen LogP contribution is 2.46. The van der Waals surface area contributed by atoms with Crippen LogP contribution in [0.15, 0.2) is 77.3 Å². The predicted molar refractivity (Wildman–Crippen MR) is 146 cm³/mol. The molecule has 0 aliphatic carbocycles. The zero-order chi connectivity index (χ0) is 25.6. The molecule has 190 valence electrons. The third kappa shape index (κ3) is 4.60. The molecule has 0 aromatic heterocycles. The molecular weight excluding hydrogens is 532 g/mol. The summed E-state index contributed by atoms with van der Waals surface area (Å²) < 4.78 is 7.35. The summed E-state index contributed by atoms with van der Waals surface area (Å²) in [6.45, 7) is 5.84. The summed E-state index contributed by atoms with van der Waals surface area (Å²) in [5.41, 5.74) is 2.61. The quantitative estimate of drug-likeness (QED) is 0.477. The smallest absolute Gasteiger partial charge is 0.325 e. The van der Waals surface area contributed by atoms with E-state index in [2.05, 4.69) is 50.4 Å². The number of fused-ring (bicyclic) bond motifs is 4. The molecule has 3 aliphatic rings. The average molecular weight is 561 g/mol. The maximum absolute atomic E-state index is 13.4.